The van der Waals surface area contributed by atoms with E-state index in [1.54, 1.807) is 36.4 Å². The second-order valence-electron chi connectivity index (χ2n) is 6.96. The van der Waals surface area contributed by atoms with Gasteiger partial charge in [0.25, 0.3) is 16.8 Å². The Morgan fingerprint density at radius 1 is 1.15 bits per heavy atom. The van der Waals surface area contributed by atoms with Gasteiger partial charge in [0.05, 0.1) is 23.5 Å². The van der Waals surface area contributed by atoms with Gasteiger partial charge < -0.3 is 13.9 Å². The van der Waals surface area contributed by atoms with Gasteiger partial charge in [-0.25, -0.2) is 0 Å². The molecule has 1 aliphatic rings. The van der Waals surface area contributed by atoms with Crippen molar-refractivity contribution >= 4 is 50.6 Å². The summed E-state index contributed by atoms with van der Waals surface area (Å²) in [6, 6.07) is 14.8. The first-order valence-corrected chi connectivity index (χ1v) is 11.5. The molecule has 1 aromatic heterocycles. The zero-order valence-electron chi connectivity index (χ0n) is 17.7. The van der Waals surface area contributed by atoms with E-state index < -0.39 is 16.1 Å². The van der Waals surface area contributed by atoms with E-state index in [4.69, 9.17) is 13.9 Å². The molecule has 9 nitrogen and oxygen atoms in total. The Kier molecular flexibility index (Phi) is 7.03. The van der Waals surface area contributed by atoms with Crippen LogP contribution in [-0.2, 0) is 4.79 Å². The van der Waals surface area contributed by atoms with Crippen LogP contribution in [0, 0.1) is 10.1 Å². The van der Waals surface area contributed by atoms with Crippen LogP contribution < -0.4 is 9.47 Å². The van der Waals surface area contributed by atoms with E-state index in [2.05, 4.69) is 15.9 Å². The predicted octanol–water partition coefficient (Wildman–Crippen LogP) is 5.74. The molecule has 0 atom stereocenters. The van der Waals surface area contributed by atoms with Crippen molar-refractivity contribution in [2.45, 2.75) is 0 Å². The van der Waals surface area contributed by atoms with Crippen LogP contribution in [0.15, 0.2) is 68.4 Å². The molecule has 3 aromatic rings. The van der Waals surface area contributed by atoms with E-state index in [1.165, 1.54) is 25.3 Å². The molecule has 0 radical (unpaired) electrons. The Morgan fingerprint density at radius 3 is 2.62 bits per heavy atom. The number of nitrogens with zero attached hydrogens (tertiary/aromatic N) is 2. The number of ether oxygens (including phenoxy) is 2. The summed E-state index contributed by atoms with van der Waals surface area (Å²) >= 11 is 4.13. The number of hydrogen-bond acceptors (Lipinski definition) is 8. The number of carbonyl (C=O) groups is 2. The molecule has 4 rings (SSSR count). The summed E-state index contributed by atoms with van der Waals surface area (Å²) in [5.74, 6) is 1.47. The zero-order valence-corrected chi connectivity index (χ0v) is 20.1. The SMILES string of the molecule is COc1ccccc1OCCN1C(=O)S/C(=C\c2ccc(-c3ccc([N+](=O)[O-])cc3Br)o2)C1=O. The molecule has 0 bridgehead atoms. The molecular formula is C23H17BrN2O7S. The van der Waals surface area contributed by atoms with Gasteiger partial charge in [-0.15, -0.1) is 0 Å². The lowest BCUT2D eigenvalue weighted by Crippen LogP contribution is -2.32. The normalized spacial score (nSPS) is 14.6. The number of para-hydroxylation sites is 2. The van der Waals surface area contributed by atoms with Crippen LogP contribution in [0.3, 0.4) is 0 Å². The van der Waals surface area contributed by atoms with E-state index in [9.17, 15) is 19.7 Å². The molecule has 1 aliphatic heterocycles. The zero-order chi connectivity index (χ0) is 24.2. The first-order valence-electron chi connectivity index (χ1n) is 9.92. The number of hydrogen-bond donors (Lipinski definition) is 0. The van der Waals surface area contributed by atoms with Gasteiger partial charge in [0.2, 0.25) is 0 Å². The van der Waals surface area contributed by atoms with E-state index in [1.807, 2.05) is 6.07 Å². The fourth-order valence-corrected chi connectivity index (χ4v) is 4.61. The number of halogens is 1. The number of non-ortho nitro benzene ring substituents is 1. The van der Waals surface area contributed by atoms with Crippen LogP contribution in [0.1, 0.15) is 5.76 Å². The van der Waals surface area contributed by atoms with Crippen LogP contribution in [-0.4, -0.2) is 41.2 Å². The second kappa shape index (κ2) is 10.1. The summed E-state index contributed by atoms with van der Waals surface area (Å²) in [6.45, 7) is 0.198. The van der Waals surface area contributed by atoms with Gasteiger partial charge in [-0.2, -0.15) is 0 Å². The van der Waals surface area contributed by atoms with Crippen LogP contribution in [0.4, 0.5) is 10.5 Å². The number of carbonyl (C=O) groups excluding carboxylic acids is 2. The Labute approximate surface area is 206 Å². The van der Waals surface area contributed by atoms with Crippen molar-refractivity contribution in [2.75, 3.05) is 20.3 Å². The van der Waals surface area contributed by atoms with E-state index in [0.29, 0.717) is 33.1 Å². The number of rotatable bonds is 8. The largest absolute Gasteiger partial charge is 0.493 e. The third-order valence-electron chi connectivity index (χ3n) is 4.84. The fourth-order valence-electron chi connectivity index (χ4n) is 3.20. The molecule has 174 valence electrons. The predicted molar refractivity (Wildman–Crippen MR) is 130 cm³/mol. The third kappa shape index (κ3) is 5.00. The minimum Gasteiger partial charge on any atom is -0.493 e. The number of methoxy groups -OCH3 is 1. The number of benzene rings is 2. The molecule has 0 aliphatic carbocycles. The maximum absolute atomic E-state index is 12.7. The van der Waals surface area contributed by atoms with Crippen LogP contribution in [0.2, 0.25) is 0 Å². The average molecular weight is 545 g/mol. The standard InChI is InChI=1S/C23H17BrN2O7S/c1-31-19-4-2-3-5-20(19)32-11-10-25-22(27)21(34-23(25)28)13-15-7-9-18(33-15)16-8-6-14(26(29)30)12-17(16)24/h2-9,12-13H,10-11H2,1H3/b21-13-. The molecule has 11 heteroatoms. The third-order valence-corrected chi connectivity index (χ3v) is 6.41. The Hall–Kier alpha value is -3.57. The molecular weight excluding hydrogens is 528 g/mol. The first kappa shape index (κ1) is 23.6. The molecule has 0 spiro atoms. The minimum atomic E-state index is -0.487. The number of amides is 2. The summed E-state index contributed by atoms with van der Waals surface area (Å²) in [5, 5.41) is 10.5. The second-order valence-corrected chi connectivity index (χ2v) is 8.80. The summed E-state index contributed by atoms with van der Waals surface area (Å²) in [4.78, 5) is 36.9. The highest BCUT2D eigenvalue weighted by Crippen LogP contribution is 2.36. The number of nitro benzene ring substituents is 1. The van der Waals surface area contributed by atoms with Crippen molar-refractivity contribution in [1.82, 2.24) is 4.90 Å². The topological polar surface area (TPSA) is 112 Å². The van der Waals surface area contributed by atoms with Gasteiger partial charge in [0, 0.05) is 28.2 Å². The van der Waals surface area contributed by atoms with Gasteiger partial charge in [-0.1, -0.05) is 12.1 Å². The highest BCUT2D eigenvalue weighted by Gasteiger charge is 2.35. The number of imide groups is 1. The van der Waals surface area contributed by atoms with Gasteiger partial charge in [0.15, 0.2) is 11.5 Å². The molecule has 2 heterocycles. The first-order chi connectivity index (χ1) is 16.4. The lowest BCUT2D eigenvalue weighted by Gasteiger charge is -2.14. The molecule has 34 heavy (non-hydrogen) atoms. The molecule has 0 saturated carbocycles. The van der Waals surface area contributed by atoms with Gasteiger partial charge in [-0.3, -0.25) is 24.6 Å². The fraction of sp³-hybridized carbons (Fsp3) is 0.130. The highest BCUT2D eigenvalue weighted by molar-refractivity contribution is 9.10. The Bertz CT molecular complexity index is 1300. The molecule has 2 aromatic carbocycles. The quantitative estimate of drug-likeness (QED) is 0.200. The van der Waals surface area contributed by atoms with Crippen molar-refractivity contribution in [3.05, 3.63) is 79.8 Å². The smallest absolute Gasteiger partial charge is 0.293 e. The van der Waals surface area contributed by atoms with Crippen LogP contribution in [0.5, 0.6) is 11.5 Å². The molecule has 0 N–H and O–H groups in total. The number of nitro groups is 1. The summed E-state index contributed by atoms with van der Waals surface area (Å²) in [5.41, 5.74) is 0.567. The Morgan fingerprint density at radius 2 is 1.91 bits per heavy atom. The lowest BCUT2D eigenvalue weighted by atomic mass is 10.1. The number of furan rings is 1. The average Bonchev–Trinajstić information content (AvgIpc) is 3.39. The van der Waals surface area contributed by atoms with E-state index >= 15 is 0 Å². The van der Waals surface area contributed by atoms with Gasteiger partial charge >= 0.3 is 0 Å². The summed E-state index contributed by atoms with van der Waals surface area (Å²) in [7, 11) is 1.53. The van der Waals surface area contributed by atoms with Crippen molar-refractivity contribution in [2.24, 2.45) is 0 Å². The van der Waals surface area contributed by atoms with Crippen molar-refractivity contribution < 1.29 is 28.4 Å². The van der Waals surface area contributed by atoms with Crippen LogP contribution >= 0.6 is 27.7 Å². The highest BCUT2D eigenvalue weighted by atomic mass is 79.9. The van der Waals surface area contributed by atoms with Crippen molar-refractivity contribution in [3.8, 4) is 22.8 Å². The van der Waals surface area contributed by atoms with Gasteiger partial charge in [-0.05, 0) is 58.0 Å². The van der Waals surface area contributed by atoms with Crippen molar-refractivity contribution in [1.29, 1.82) is 0 Å². The molecule has 1 saturated heterocycles. The lowest BCUT2D eigenvalue weighted by molar-refractivity contribution is -0.384. The maximum atomic E-state index is 12.7. The molecule has 0 unspecified atom stereocenters. The summed E-state index contributed by atoms with van der Waals surface area (Å²) < 4.78 is 17.2. The Balaban J connectivity index is 1.43. The molecule has 2 amide bonds. The number of thioether (sulfide) groups is 1. The molecule has 1 fully saturated rings. The minimum absolute atomic E-state index is 0.0502. The van der Waals surface area contributed by atoms with E-state index in [0.717, 1.165) is 16.7 Å². The monoisotopic (exact) mass is 544 g/mol. The maximum Gasteiger partial charge on any atom is 0.293 e. The van der Waals surface area contributed by atoms with Crippen molar-refractivity contribution in [3.63, 3.8) is 0 Å². The van der Waals surface area contributed by atoms with Gasteiger partial charge in [0.1, 0.15) is 18.1 Å². The van der Waals surface area contributed by atoms with E-state index in [-0.39, 0.29) is 23.7 Å². The van der Waals surface area contributed by atoms with Crippen LogP contribution in [0.25, 0.3) is 17.4 Å². The summed E-state index contributed by atoms with van der Waals surface area (Å²) in [6.07, 6.45) is 1.49.